The van der Waals surface area contributed by atoms with Crippen molar-refractivity contribution >= 4 is 23.4 Å². The molecule has 0 radical (unpaired) electrons. The van der Waals surface area contributed by atoms with Crippen LogP contribution in [-0.2, 0) is 12.3 Å². The predicted molar refractivity (Wildman–Crippen MR) is 91.5 cm³/mol. The van der Waals surface area contributed by atoms with Crippen LogP contribution in [0.25, 0.3) is 11.5 Å². The fraction of sp³-hybridized carbons (Fsp3) is 0.188. The second-order valence-electron chi connectivity index (χ2n) is 4.87. The molecule has 0 saturated heterocycles. The van der Waals surface area contributed by atoms with Gasteiger partial charge in [0.1, 0.15) is 12.1 Å². The van der Waals surface area contributed by atoms with Gasteiger partial charge in [0.2, 0.25) is 5.89 Å². The Bertz CT molecular complexity index is 827. The van der Waals surface area contributed by atoms with Crippen molar-refractivity contribution in [1.82, 2.24) is 19.7 Å². The third kappa shape index (κ3) is 3.65. The van der Waals surface area contributed by atoms with Gasteiger partial charge in [0.25, 0.3) is 0 Å². The van der Waals surface area contributed by atoms with E-state index in [9.17, 15) is 0 Å². The summed E-state index contributed by atoms with van der Waals surface area (Å²) >= 11 is 7.56. The van der Waals surface area contributed by atoms with Crippen molar-refractivity contribution in [1.29, 1.82) is 0 Å². The smallest absolute Gasteiger partial charge is 0.226 e. The van der Waals surface area contributed by atoms with Crippen LogP contribution in [0, 0.1) is 6.92 Å². The maximum atomic E-state index is 5.99. The molecule has 2 heterocycles. The summed E-state index contributed by atoms with van der Waals surface area (Å²) in [7, 11) is 0. The summed E-state index contributed by atoms with van der Waals surface area (Å²) in [5.41, 5.74) is 1.70. The Balaban J connectivity index is 1.71. The lowest BCUT2D eigenvalue weighted by Crippen LogP contribution is -2.00. The molecule has 0 aliphatic rings. The third-order valence-corrected chi connectivity index (χ3v) is 4.42. The lowest BCUT2D eigenvalue weighted by atomic mass is 10.2. The first-order valence-corrected chi connectivity index (χ1v) is 8.37. The van der Waals surface area contributed by atoms with E-state index in [2.05, 4.69) is 21.8 Å². The van der Waals surface area contributed by atoms with E-state index in [1.807, 2.05) is 41.8 Å². The first kappa shape index (κ1) is 15.8. The van der Waals surface area contributed by atoms with Crippen molar-refractivity contribution in [2.24, 2.45) is 0 Å². The molecule has 0 atom stereocenters. The van der Waals surface area contributed by atoms with Crippen molar-refractivity contribution in [2.75, 3.05) is 0 Å². The number of thioether (sulfide) groups is 1. The molecule has 0 aliphatic carbocycles. The van der Waals surface area contributed by atoms with E-state index >= 15 is 0 Å². The molecule has 0 bridgehead atoms. The van der Waals surface area contributed by atoms with Crippen LogP contribution in [0.3, 0.4) is 0 Å². The number of halogens is 1. The maximum Gasteiger partial charge on any atom is 0.226 e. The average Bonchev–Trinajstić information content (AvgIpc) is 3.14. The highest BCUT2D eigenvalue weighted by molar-refractivity contribution is 7.98. The summed E-state index contributed by atoms with van der Waals surface area (Å²) in [6.45, 7) is 6.37. The van der Waals surface area contributed by atoms with E-state index in [0.29, 0.717) is 23.2 Å². The Labute approximate surface area is 143 Å². The zero-order valence-corrected chi connectivity index (χ0v) is 14.1. The van der Waals surface area contributed by atoms with Gasteiger partial charge in [-0.2, -0.15) is 0 Å². The van der Waals surface area contributed by atoms with Crippen LogP contribution in [0.5, 0.6) is 0 Å². The number of oxazole rings is 1. The Hall–Kier alpha value is -2.05. The van der Waals surface area contributed by atoms with E-state index in [1.165, 1.54) is 0 Å². The molecular weight excluding hydrogens is 332 g/mol. The molecule has 3 rings (SSSR count). The second kappa shape index (κ2) is 7.02. The first-order chi connectivity index (χ1) is 11.2. The van der Waals surface area contributed by atoms with Crippen LogP contribution >= 0.6 is 23.4 Å². The summed E-state index contributed by atoms with van der Waals surface area (Å²) in [6, 6.07) is 7.43. The number of rotatable bonds is 6. The van der Waals surface area contributed by atoms with Crippen LogP contribution in [0.4, 0.5) is 0 Å². The molecule has 0 unspecified atom stereocenters. The van der Waals surface area contributed by atoms with Gasteiger partial charge >= 0.3 is 0 Å². The van der Waals surface area contributed by atoms with Crippen LogP contribution in [-0.4, -0.2) is 19.7 Å². The molecule has 23 heavy (non-hydrogen) atoms. The predicted octanol–water partition coefficient (Wildman–Crippen LogP) is 4.37. The summed E-state index contributed by atoms with van der Waals surface area (Å²) in [5.74, 6) is 2.08. The van der Waals surface area contributed by atoms with Crippen LogP contribution in [0.15, 0.2) is 52.8 Å². The molecule has 118 valence electrons. The Kier molecular flexibility index (Phi) is 4.83. The van der Waals surface area contributed by atoms with Gasteiger partial charge in [-0.25, -0.2) is 4.98 Å². The number of hydrogen-bond donors (Lipinski definition) is 0. The van der Waals surface area contributed by atoms with Gasteiger partial charge in [-0.3, -0.25) is 0 Å². The molecule has 0 fully saturated rings. The number of benzene rings is 1. The average molecular weight is 347 g/mol. The topological polar surface area (TPSA) is 56.7 Å². The number of nitrogens with zero attached hydrogens (tertiary/aromatic N) is 4. The van der Waals surface area contributed by atoms with Crippen LogP contribution in [0.2, 0.25) is 5.02 Å². The van der Waals surface area contributed by atoms with E-state index < -0.39 is 0 Å². The number of hydrogen-bond acceptors (Lipinski definition) is 5. The summed E-state index contributed by atoms with van der Waals surface area (Å²) < 4.78 is 7.54. The highest BCUT2D eigenvalue weighted by Gasteiger charge is 2.11. The number of aromatic nitrogens is 4. The van der Waals surface area contributed by atoms with Gasteiger partial charge in [0, 0.05) is 22.9 Å². The monoisotopic (exact) mass is 346 g/mol. The minimum absolute atomic E-state index is 0.562. The zero-order chi connectivity index (χ0) is 16.2. The Morgan fingerprint density at radius 3 is 3.04 bits per heavy atom. The summed E-state index contributed by atoms with van der Waals surface area (Å²) in [5, 5.41) is 9.77. The molecule has 1 aromatic carbocycles. The van der Waals surface area contributed by atoms with Crippen molar-refractivity contribution in [2.45, 2.75) is 24.4 Å². The molecule has 0 saturated carbocycles. The van der Waals surface area contributed by atoms with Crippen molar-refractivity contribution in [3.8, 4) is 11.5 Å². The molecular formula is C16H15ClN4OS. The zero-order valence-electron chi connectivity index (χ0n) is 12.6. The Morgan fingerprint density at radius 2 is 2.26 bits per heavy atom. The summed E-state index contributed by atoms with van der Waals surface area (Å²) in [6.07, 6.45) is 3.48. The first-order valence-electron chi connectivity index (χ1n) is 7.01. The van der Waals surface area contributed by atoms with Crippen LogP contribution in [0.1, 0.15) is 11.5 Å². The highest BCUT2D eigenvalue weighted by Crippen LogP contribution is 2.25. The molecule has 3 aromatic rings. The maximum absolute atomic E-state index is 5.99. The minimum atomic E-state index is 0.562. The van der Waals surface area contributed by atoms with Crippen LogP contribution < -0.4 is 0 Å². The van der Waals surface area contributed by atoms with Gasteiger partial charge in [0.15, 0.2) is 5.16 Å². The molecule has 7 heteroatoms. The van der Waals surface area contributed by atoms with Gasteiger partial charge in [-0.05, 0) is 25.1 Å². The normalized spacial score (nSPS) is 10.9. The molecule has 0 amide bonds. The van der Waals surface area contributed by atoms with E-state index in [0.717, 1.165) is 22.2 Å². The highest BCUT2D eigenvalue weighted by atomic mass is 35.5. The SMILES string of the molecule is C=CCn1c(C)nnc1SCc1coc(-c2cccc(Cl)c2)n1. The van der Waals surface area contributed by atoms with Gasteiger partial charge < -0.3 is 8.98 Å². The van der Waals surface area contributed by atoms with Gasteiger partial charge in [0.05, 0.1) is 5.69 Å². The Morgan fingerprint density at radius 1 is 1.39 bits per heavy atom. The van der Waals surface area contributed by atoms with E-state index in [-0.39, 0.29) is 0 Å². The number of allylic oxidation sites excluding steroid dienone is 1. The minimum Gasteiger partial charge on any atom is -0.444 e. The largest absolute Gasteiger partial charge is 0.444 e. The quantitative estimate of drug-likeness (QED) is 0.490. The van der Waals surface area contributed by atoms with Crippen molar-refractivity contribution < 1.29 is 4.42 Å². The lowest BCUT2D eigenvalue weighted by Gasteiger charge is -2.03. The van der Waals surface area contributed by atoms with Gasteiger partial charge in [-0.15, -0.1) is 16.8 Å². The standard InChI is InChI=1S/C16H15ClN4OS/c1-3-7-21-11(2)19-20-16(21)23-10-14-9-22-15(18-14)12-5-4-6-13(17)8-12/h3-6,8-9H,1,7,10H2,2H3. The van der Waals surface area contributed by atoms with E-state index in [4.69, 9.17) is 16.0 Å². The molecule has 5 nitrogen and oxygen atoms in total. The fourth-order valence-corrected chi connectivity index (χ4v) is 3.13. The van der Waals surface area contributed by atoms with Gasteiger partial charge in [-0.1, -0.05) is 35.5 Å². The lowest BCUT2D eigenvalue weighted by molar-refractivity contribution is 0.573. The third-order valence-electron chi connectivity index (χ3n) is 3.19. The van der Waals surface area contributed by atoms with Crippen molar-refractivity contribution in [3.05, 3.63) is 59.7 Å². The molecule has 0 aliphatic heterocycles. The van der Waals surface area contributed by atoms with E-state index in [1.54, 1.807) is 18.0 Å². The molecule has 0 spiro atoms. The number of aryl methyl sites for hydroxylation is 1. The van der Waals surface area contributed by atoms with Crippen molar-refractivity contribution in [3.63, 3.8) is 0 Å². The fourth-order valence-electron chi connectivity index (χ4n) is 2.07. The molecule has 0 N–H and O–H groups in total. The molecule has 2 aromatic heterocycles. The summed E-state index contributed by atoms with van der Waals surface area (Å²) in [4.78, 5) is 4.50. The second-order valence-corrected chi connectivity index (χ2v) is 6.25.